The molecule has 2 aromatic heterocycles. The Morgan fingerprint density at radius 1 is 1.27 bits per heavy atom. The van der Waals surface area contributed by atoms with Gasteiger partial charge in [-0.1, -0.05) is 19.8 Å². The van der Waals surface area contributed by atoms with Gasteiger partial charge >= 0.3 is 6.18 Å². The van der Waals surface area contributed by atoms with Crippen LogP contribution in [-0.2, 0) is 0 Å². The molecule has 0 aliphatic rings. The van der Waals surface area contributed by atoms with Crippen molar-refractivity contribution < 1.29 is 13.2 Å². The van der Waals surface area contributed by atoms with Crippen molar-refractivity contribution in [2.45, 2.75) is 57.8 Å². The van der Waals surface area contributed by atoms with Gasteiger partial charge in [0.1, 0.15) is 11.6 Å². The van der Waals surface area contributed by atoms with Gasteiger partial charge in [-0.05, 0) is 32.4 Å². The smallest absolute Gasteiger partial charge is 0.368 e. The predicted octanol–water partition coefficient (Wildman–Crippen LogP) is 3.51. The molecule has 0 saturated carbocycles. The van der Waals surface area contributed by atoms with Crippen LogP contribution in [0.4, 0.5) is 24.9 Å². The average molecular weight is 370 g/mol. The highest BCUT2D eigenvalue weighted by atomic mass is 19.4. The summed E-state index contributed by atoms with van der Waals surface area (Å²) in [5.41, 5.74) is 6.23. The Morgan fingerprint density at radius 2 is 2.00 bits per heavy atom. The largest absolute Gasteiger partial charge is 0.403 e. The number of hydrogen-bond donors (Lipinski definition) is 3. The van der Waals surface area contributed by atoms with E-state index in [1.54, 1.807) is 18.3 Å². The van der Waals surface area contributed by atoms with E-state index in [4.69, 9.17) is 5.73 Å². The third kappa shape index (κ3) is 5.17. The molecule has 2 aromatic rings. The molecule has 2 rings (SSSR count). The zero-order valence-corrected chi connectivity index (χ0v) is 15.2. The van der Waals surface area contributed by atoms with E-state index in [2.05, 4.69) is 25.6 Å². The summed E-state index contributed by atoms with van der Waals surface area (Å²) in [6, 6.07) is 1.90. The standard InChI is InChI=1S/C17H25F3N6/c1-4-5-8-16(3,10-23-11(2)17(18,19)20)26-14-13-12(7-6-9-22-13)24-15(21)25-14/h6-7,9,11,23H,4-5,8,10H2,1-3H3,(H3,21,24,25,26)/t11-,16+/m0/s1. The lowest BCUT2D eigenvalue weighted by Gasteiger charge is -2.33. The molecule has 144 valence electrons. The van der Waals surface area contributed by atoms with Crippen molar-refractivity contribution in [1.29, 1.82) is 0 Å². The van der Waals surface area contributed by atoms with Crippen LogP contribution in [0.2, 0.25) is 0 Å². The zero-order chi connectivity index (χ0) is 19.4. The Kier molecular flexibility index (Phi) is 6.22. The lowest BCUT2D eigenvalue weighted by molar-refractivity contribution is -0.151. The number of nitrogens with two attached hydrogens (primary N) is 1. The molecule has 0 saturated heterocycles. The Hall–Kier alpha value is -2.16. The van der Waals surface area contributed by atoms with Gasteiger partial charge in [0.15, 0.2) is 5.82 Å². The quantitative estimate of drug-likeness (QED) is 0.659. The summed E-state index contributed by atoms with van der Waals surface area (Å²) in [6.07, 6.45) is -0.229. The molecule has 2 atom stereocenters. The molecule has 26 heavy (non-hydrogen) atoms. The van der Waals surface area contributed by atoms with E-state index < -0.39 is 17.8 Å². The fourth-order valence-electron chi connectivity index (χ4n) is 2.61. The van der Waals surface area contributed by atoms with E-state index in [-0.39, 0.29) is 12.5 Å². The number of unbranched alkanes of at least 4 members (excludes halogenated alkanes) is 1. The highest BCUT2D eigenvalue weighted by molar-refractivity contribution is 5.86. The molecular formula is C17H25F3N6. The first-order valence-corrected chi connectivity index (χ1v) is 8.61. The second-order valence-corrected chi connectivity index (χ2v) is 6.73. The fraction of sp³-hybridized carbons (Fsp3) is 0.588. The monoisotopic (exact) mass is 370 g/mol. The van der Waals surface area contributed by atoms with Crippen LogP contribution in [0.15, 0.2) is 18.3 Å². The van der Waals surface area contributed by atoms with E-state index in [0.29, 0.717) is 23.3 Å². The van der Waals surface area contributed by atoms with Crippen LogP contribution in [0, 0.1) is 0 Å². The number of hydrogen-bond acceptors (Lipinski definition) is 6. The Morgan fingerprint density at radius 3 is 2.65 bits per heavy atom. The zero-order valence-electron chi connectivity index (χ0n) is 15.2. The topological polar surface area (TPSA) is 88.8 Å². The maximum Gasteiger partial charge on any atom is 0.403 e. The first kappa shape index (κ1) is 20.2. The van der Waals surface area contributed by atoms with E-state index in [1.165, 1.54) is 0 Å². The van der Waals surface area contributed by atoms with Gasteiger partial charge in [0.05, 0.1) is 5.52 Å². The minimum absolute atomic E-state index is 0.0856. The molecule has 0 aromatic carbocycles. The Labute approximate surface area is 150 Å². The molecule has 9 heteroatoms. The summed E-state index contributed by atoms with van der Waals surface area (Å²) in [6.45, 7) is 5.13. The van der Waals surface area contributed by atoms with Crippen molar-refractivity contribution in [2.75, 3.05) is 17.6 Å². The third-order valence-electron chi connectivity index (χ3n) is 4.26. The van der Waals surface area contributed by atoms with Gasteiger partial charge in [0.25, 0.3) is 0 Å². The number of nitrogen functional groups attached to an aromatic ring is 1. The molecule has 2 heterocycles. The second kappa shape index (κ2) is 8.03. The van der Waals surface area contributed by atoms with Gasteiger partial charge < -0.3 is 16.4 Å². The number of rotatable bonds is 8. The highest BCUT2D eigenvalue weighted by Crippen LogP contribution is 2.26. The summed E-state index contributed by atoms with van der Waals surface area (Å²) in [5, 5.41) is 5.83. The first-order valence-electron chi connectivity index (χ1n) is 8.61. The number of nitrogens with one attached hydrogen (secondary N) is 2. The van der Waals surface area contributed by atoms with Gasteiger partial charge in [0.2, 0.25) is 5.95 Å². The third-order valence-corrected chi connectivity index (χ3v) is 4.26. The molecule has 0 aliphatic carbocycles. The number of pyridine rings is 1. The number of aromatic nitrogens is 3. The van der Waals surface area contributed by atoms with Crippen molar-refractivity contribution in [1.82, 2.24) is 20.3 Å². The lowest BCUT2D eigenvalue weighted by Crippen LogP contribution is -2.50. The molecule has 4 N–H and O–H groups in total. The number of anilines is 2. The minimum atomic E-state index is -4.29. The maximum atomic E-state index is 12.8. The molecule has 0 amide bonds. The second-order valence-electron chi connectivity index (χ2n) is 6.73. The Balaban J connectivity index is 2.27. The number of halogens is 3. The van der Waals surface area contributed by atoms with Crippen molar-refractivity contribution in [3.63, 3.8) is 0 Å². The summed E-state index contributed by atoms with van der Waals surface area (Å²) in [5.74, 6) is 0.510. The maximum absolute atomic E-state index is 12.8. The van der Waals surface area contributed by atoms with Crippen molar-refractivity contribution >= 4 is 22.8 Å². The summed E-state index contributed by atoms with van der Waals surface area (Å²) in [7, 11) is 0. The predicted molar refractivity (Wildman–Crippen MR) is 96.8 cm³/mol. The molecule has 0 aliphatic heterocycles. The first-order chi connectivity index (χ1) is 12.1. The molecule has 0 radical (unpaired) electrons. The van der Waals surface area contributed by atoms with Gasteiger partial charge in [0, 0.05) is 18.3 Å². The highest BCUT2D eigenvalue weighted by Gasteiger charge is 2.37. The Bertz CT molecular complexity index is 736. The normalized spacial score (nSPS) is 15.6. The van der Waals surface area contributed by atoms with Crippen LogP contribution in [-0.4, -0.2) is 39.3 Å². The molecular weight excluding hydrogens is 345 g/mol. The van der Waals surface area contributed by atoms with Crippen molar-refractivity contribution in [3.05, 3.63) is 18.3 Å². The number of alkyl halides is 3. The molecule has 0 bridgehead atoms. The molecule has 0 unspecified atom stereocenters. The van der Waals surface area contributed by atoms with E-state index in [1.807, 2.05) is 13.8 Å². The van der Waals surface area contributed by atoms with Crippen LogP contribution < -0.4 is 16.4 Å². The lowest BCUT2D eigenvalue weighted by atomic mass is 9.94. The summed E-state index contributed by atoms with van der Waals surface area (Å²) < 4.78 is 38.5. The van der Waals surface area contributed by atoms with E-state index in [0.717, 1.165) is 19.8 Å². The fourth-order valence-corrected chi connectivity index (χ4v) is 2.61. The van der Waals surface area contributed by atoms with Crippen molar-refractivity contribution in [2.24, 2.45) is 0 Å². The van der Waals surface area contributed by atoms with Crippen LogP contribution in [0.1, 0.15) is 40.0 Å². The molecule has 6 nitrogen and oxygen atoms in total. The summed E-state index contributed by atoms with van der Waals surface area (Å²) >= 11 is 0. The van der Waals surface area contributed by atoms with Crippen LogP contribution in [0.25, 0.3) is 11.0 Å². The van der Waals surface area contributed by atoms with Gasteiger partial charge in [-0.15, -0.1) is 0 Å². The minimum Gasteiger partial charge on any atom is -0.368 e. The average Bonchev–Trinajstić information content (AvgIpc) is 2.57. The SMILES string of the molecule is CCCC[C@](C)(CN[C@@H](C)C(F)(F)F)Nc1nc(N)nc2cccnc12. The number of fused-ring (bicyclic) bond motifs is 1. The van der Waals surface area contributed by atoms with E-state index >= 15 is 0 Å². The van der Waals surface area contributed by atoms with Gasteiger partial charge in [-0.2, -0.15) is 18.2 Å². The van der Waals surface area contributed by atoms with Crippen LogP contribution in [0.3, 0.4) is 0 Å². The van der Waals surface area contributed by atoms with Crippen LogP contribution >= 0.6 is 0 Å². The number of nitrogens with zero attached hydrogens (tertiary/aromatic N) is 3. The van der Waals surface area contributed by atoms with Crippen molar-refractivity contribution in [3.8, 4) is 0 Å². The van der Waals surface area contributed by atoms with Crippen LogP contribution in [0.5, 0.6) is 0 Å². The molecule has 0 spiro atoms. The van der Waals surface area contributed by atoms with E-state index in [9.17, 15) is 13.2 Å². The van der Waals surface area contributed by atoms with Gasteiger partial charge in [-0.25, -0.2) is 4.98 Å². The summed E-state index contributed by atoms with van der Waals surface area (Å²) in [4.78, 5) is 12.6. The molecule has 0 fully saturated rings. The van der Waals surface area contributed by atoms with Gasteiger partial charge in [-0.3, -0.25) is 4.98 Å².